The zero-order valence-electron chi connectivity index (χ0n) is 9.20. The number of carbonyl (C=O) groups excluding carboxylic acids is 1. The van der Waals surface area contributed by atoms with Crippen molar-refractivity contribution < 1.29 is 9.53 Å². The molecule has 0 amide bonds. The van der Waals surface area contributed by atoms with Crippen LogP contribution in [0.25, 0.3) is 0 Å². The van der Waals surface area contributed by atoms with Gasteiger partial charge in [0.05, 0.1) is 18.0 Å². The third kappa shape index (κ3) is 1.52. The van der Waals surface area contributed by atoms with Crippen molar-refractivity contribution in [1.29, 1.82) is 0 Å². The van der Waals surface area contributed by atoms with E-state index in [0.717, 1.165) is 17.0 Å². The van der Waals surface area contributed by atoms with Crippen LogP contribution in [0.4, 0.5) is 4.79 Å². The zero-order valence-corrected chi connectivity index (χ0v) is 9.20. The summed E-state index contributed by atoms with van der Waals surface area (Å²) in [4.78, 5) is 11.6. The molecular formula is C10H15N3O2. The van der Waals surface area contributed by atoms with Gasteiger partial charge in [0.25, 0.3) is 0 Å². The molecule has 15 heavy (non-hydrogen) atoms. The summed E-state index contributed by atoms with van der Waals surface area (Å²) in [6.45, 7) is 6.81. The summed E-state index contributed by atoms with van der Waals surface area (Å²) in [7, 11) is 0. The van der Waals surface area contributed by atoms with Crippen LogP contribution in [0, 0.1) is 6.92 Å². The highest BCUT2D eigenvalue weighted by Crippen LogP contribution is 2.27. The molecule has 1 aliphatic heterocycles. The molecule has 0 spiro atoms. The Kier molecular flexibility index (Phi) is 2.48. The average molecular weight is 209 g/mol. The second-order valence-corrected chi connectivity index (χ2v) is 3.66. The van der Waals surface area contributed by atoms with E-state index in [4.69, 9.17) is 4.74 Å². The van der Waals surface area contributed by atoms with Crippen molar-refractivity contribution in [2.45, 2.75) is 33.4 Å². The molecule has 0 saturated carbocycles. The van der Waals surface area contributed by atoms with Crippen LogP contribution in [0.1, 0.15) is 36.8 Å². The number of rotatable bonds is 1. The van der Waals surface area contributed by atoms with Crippen molar-refractivity contribution in [3.63, 3.8) is 0 Å². The monoisotopic (exact) mass is 209 g/mol. The number of hydrogen-bond donors (Lipinski definition) is 1. The minimum Gasteiger partial charge on any atom is -0.448 e. The molecule has 1 aromatic rings. The van der Waals surface area contributed by atoms with Gasteiger partial charge < -0.3 is 10.1 Å². The van der Waals surface area contributed by atoms with Crippen LogP contribution in [0.15, 0.2) is 0 Å². The number of nitrogens with one attached hydrogen (secondary N) is 1. The molecule has 82 valence electrons. The van der Waals surface area contributed by atoms with E-state index >= 15 is 0 Å². The second-order valence-electron chi connectivity index (χ2n) is 3.66. The van der Waals surface area contributed by atoms with Crippen molar-refractivity contribution in [2.75, 3.05) is 6.61 Å². The smallest absolute Gasteiger partial charge is 0.434 e. The van der Waals surface area contributed by atoms with Gasteiger partial charge in [0.15, 0.2) is 0 Å². The van der Waals surface area contributed by atoms with E-state index in [1.54, 1.807) is 6.92 Å². The van der Waals surface area contributed by atoms with E-state index in [1.807, 2.05) is 6.92 Å². The molecular weight excluding hydrogens is 194 g/mol. The fourth-order valence-electron chi connectivity index (χ4n) is 2.01. The largest absolute Gasteiger partial charge is 0.448 e. The molecule has 2 rings (SSSR count). The summed E-state index contributed by atoms with van der Waals surface area (Å²) in [5, 5.41) is 7.48. The SMILES string of the molecule is CCOC(=O)n1nc(C)c2c1CNC2C. The first-order valence-electron chi connectivity index (χ1n) is 5.14. The maximum atomic E-state index is 11.6. The summed E-state index contributed by atoms with van der Waals surface area (Å²) in [5.74, 6) is 0. The fraction of sp³-hybridized carbons (Fsp3) is 0.600. The molecule has 0 bridgehead atoms. The van der Waals surface area contributed by atoms with Gasteiger partial charge in [-0.2, -0.15) is 9.78 Å². The van der Waals surface area contributed by atoms with Crippen molar-refractivity contribution in [3.8, 4) is 0 Å². The van der Waals surface area contributed by atoms with Crippen LogP contribution >= 0.6 is 0 Å². The lowest BCUT2D eigenvalue weighted by Crippen LogP contribution is -2.19. The molecule has 1 aromatic heterocycles. The topological polar surface area (TPSA) is 56.2 Å². The van der Waals surface area contributed by atoms with Gasteiger partial charge >= 0.3 is 6.09 Å². The van der Waals surface area contributed by atoms with Crippen molar-refractivity contribution >= 4 is 6.09 Å². The van der Waals surface area contributed by atoms with Crippen molar-refractivity contribution in [3.05, 3.63) is 17.0 Å². The first kappa shape index (κ1) is 10.2. The molecule has 1 atom stereocenters. The summed E-state index contributed by atoms with van der Waals surface area (Å²) >= 11 is 0. The third-order valence-corrected chi connectivity index (χ3v) is 2.66. The molecule has 0 fully saturated rings. The molecule has 2 heterocycles. The molecule has 1 N–H and O–H groups in total. The van der Waals surface area contributed by atoms with Gasteiger partial charge in [-0.25, -0.2) is 4.79 Å². The van der Waals surface area contributed by atoms with E-state index in [2.05, 4.69) is 17.3 Å². The van der Waals surface area contributed by atoms with Crippen LogP contribution in [-0.2, 0) is 11.3 Å². The van der Waals surface area contributed by atoms with Gasteiger partial charge in [-0.05, 0) is 20.8 Å². The standard InChI is InChI=1S/C10H15N3O2/c1-4-15-10(14)13-8-5-11-6(2)9(8)7(3)12-13/h6,11H,4-5H2,1-3H3. The Morgan fingerprint density at radius 2 is 2.47 bits per heavy atom. The number of aryl methyl sites for hydroxylation is 1. The zero-order chi connectivity index (χ0) is 11.0. The number of nitrogens with zero attached hydrogens (tertiary/aromatic N) is 2. The Hall–Kier alpha value is -1.36. The normalized spacial score (nSPS) is 19.0. The van der Waals surface area contributed by atoms with Gasteiger partial charge in [0.1, 0.15) is 0 Å². The number of hydrogen-bond acceptors (Lipinski definition) is 4. The van der Waals surface area contributed by atoms with Crippen LogP contribution in [-0.4, -0.2) is 22.5 Å². The van der Waals surface area contributed by atoms with Gasteiger partial charge in [0.2, 0.25) is 0 Å². The van der Waals surface area contributed by atoms with Crippen LogP contribution in [0.5, 0.6) is 0 Å². The highest BCUT2D eigenvalue weighted by molar-refractivity contribution is 5.71. The Balaban J connectivity index is 2.39. The van der Waals surface area contributed by atoms with Gasteiger partial charge in [-0.3, -0.25) is 0 Å². The van der Waals surface area contributed by atoms with E-state index in [1.165, 1.54) is 4.68 Å². The Morgan fingerprint density at radius 3 is 3.13 bits per heavy atom. The summed E-state index contributed by atoms with van der Waals surface area (Å²) in [6.07, 6.45) is -0.391. The number of fused-ring (bicyclic) bond motifs is 1. The Morgan fingerprint density at radius 1 is 1.73 bits per heavy atom. The highest BCUT2D eigenvalue weighted by atomic mass is 16.5. The average Bonchev–Trinajstić information content (AvgIpc) is 2.70. The van der Waals surface area contributed by atoms with Crippen molar-refractivity contribution in [1.82, 2.24) is 15.1 Å². The lowest BCUT2D eigenvalue weighted by molar-refractivity contribution is 0.149. The maximum Gasteiger partial charge on any atom is 0.434 e. The van der Waals surface area contributed by atoms with Crippen molar-refractivity contribution in [2.24, 2.45) is 0 Å². The molecule has 5 heteroatoms. The second kappa shape index (κ2) is 3.66. The lowest BCUT2D eigenvalue weighted by atomic mass is 10.1. The van der Waals surface area contributed by atoms with E-state index in [0.29, 0.717) is 13.2 Å². The van der Waals surface area contributed by atoms with Gasteiger partial charge in [0, 0.05) is 18.2 Å². The van der Waals surface area contributed by atoms with Gasteiger partial charge in [-0.1, -0.05) is 0 Å². The number of ether oxygens (including phenoxy) is 1. The summed E-state index contributed by atoms with van der Waals surface area (Å²) in [6, 6.07) is 0.267. The Bertz CT molecular complexity index is 398. The van der Waals surface area contributed by atoms with Crippen LogP contribution < -0.4 is 5.32 Å². The van der Waals surface area contributed by atoms with Crippen LogP contribution in [0.2, 0.25) is 0 Å². The molecule has 5 nitrogen and oxygen atoms in total. The van der Waals surface area contributed by atoms with Gasteiger partial charge in [-0.15, -0.1) is 0 Å². The number of aromatic nitrogens is 2. The molecule has 0 radical (unpaired) electrons. The first-order chi connectivity index (χ1) is 7.15. The molecule has 0 saturated heterocycles. The lowest BCUT2D eigenvalue weighted by Gasteiger charge is -2.03. The molecule has 0 aromatic carbocycles. The quantitative estimate of drug-likeness (QED) is 0.758. The first-order valence-corrected chi connectivity index (χ1v) is 5.14. The predicted octanol–water partition coefficient (Wildman–Crippen LogP) is 1.36. The fourth-order valence-corrected chi connectivity index (χ4v) is 2.01. The minimum atomic E-state index is -0.391. The predicted molar refractivity (Wildman–Crippen MR) is 54.6 cm³/mol. The third-order valence-electron chi connectivity index (χ3n) is 2.66. The van der Waals surface area contributed by atoms with Crippen LogP contribution in [0.3, 0.4) is 0 Å². The molecule has 1 aliphatic rings. The minimum absolute atomic E-state index is 0.267. The highest BCUT2D eigenvalue weighted by Gasteiger charge is 2.28. The maximum absolute atomic E-state index is 11.6. The summed E-state index contributed by atoms with van der Waals surface area (Å²) < 4.78 is 6.30. The Labute approximate surface area is 88.4 Å². The summed E-state index contributed by atoms with van der Waals surface area (Å²) in [5.41, 5.74) is 2.96. The van der Waals surface area contributed by atoms with E-state index in [9.17, 15) is 4.79 Å². The van der Waals surface area contributed by atoms with E-state index < -0.39 is 6.09 Å². The van der Waals surface area contributed by atoms with E-state index in [-0.39, 0.29) is 6.04 Å². The number of carbonyl (C=O) groups is 1. The molecule has 0 aliphatic carbocycles. The molecule has 1 unspecified atom stereocenters.